The molecule has 0 fully saturated rings. The standard InChI is InChI=1S/C20H23N3O3S2/c1-13(27-17-9-5-15(6-10-17)21-14(2)24)19(25)22-16-7-11-18(12-8-16)28-20(26)23(3)4/h5-13H,1-4H3,(H,21,24)(H,22,25). The van der Waals surface area contributed by atoms with Crippen LogP contribution in [-0.2, 0) is 9.59 Å². The Balaban J connectivity index is 1.89. The second kappa shape index (κ2) is 10.2. The fourth-order valence-electron chi connectivity index (χ4n) is 2.12. The zero-order chi connectivity index (χ0) is 20.7. The molecule has 0 saturated carbocycles. The van der Waals surface area contributed by atoms with E-state index in [4.69, 9.17) is 0 Å². The number of carbonyl (C=O) groups excluding carboxylic acids is 3. The van der Waals surface area contributed by atoms with Crippen molar-refractivity contribution in [3.8, 4) is 0 Å². The first-order valence-electron chi connectivity index (χ1n) is 8.59. The predicted molar refractivity (Wildman–Crippen MR) is 116 cm³/mol. The molecule has 0 aliphatic carbocycles. The normalized spacial score (nSPS) is 11.4. The summed E-state index contributed by atoms with van der Waals surface area (Å²) in [7, 11) is 3.41. The first-order chi connectivity index (χ1) is 13.2. The van der Waals surface area contributed by atoms with Gasteiger partial charge in [0.25, 0.3) is 5.24 Å². The number of anilines is 2. The van der Waals surface area contributed by atoms with E-state index in [1.807, 2.05) is 19.1 Å². The number of nitrogens with one attached hydrogen (secondary N) is 2. The Morgan fingerprint density at radius 2 is 1.36 bits per heavy atom. The van der Waals surface area contributed by atoms with Gasteiger partial charge in [0.1, 0.15) is 0 Å². The molecular formula is C20H23N3O3S2. The summed E-state index contributed by atoms with van der Waals surface area (Å²) in [4.78, 5) is 38.5. The number of rotatable bonds is 6. The highest BCUT2D eigenvalue weighted by Gasteiger charge is 2.15. The number of thioether (sulfide) groups is 2. The minimum absolute atomic E-state index is 0.0497. The van der Waals surface area contributed by atoms with Gasteiger partial charge in [0.05, 0.1) is 5.25 Å². The van der Waals surface area contributed by atoms with Crippen molar-refractivity contribution in [1.29, 1.82) is 0 Å². The second-order valence-corrected chi connectivity index (χ2v) is 8.68. The van der Waals surface area contributed by atoms with Gasteiger partial charge in [-0.25, -0.2) is 0 Å². The molecule has 2 rings (SSSR count). The van der Waals surface area contributed by atoms with Crippen LogP contribution in [0.4, 0.5) is 16.2 Å². The summed E-state index contributed by atoms with van der Waals surface area (Å²) in [6, 6.07) is 14.5. The lowest BCUT2D eigenvalue weighted by molar-refractivity contribution is -0.115. The van der Waals surface area contributed by atoms with Crippen LogP contribution in [-0.4, -0.2) is 41.3 Å². The maximum atomic E-state index is 12.4. The summed E-state index contributed by atoms with van der Waals surface area (Å²) >= 11 is 2.57. The zero-order valence-corrected chi connectivity index (χ0v) is 17.8. The average Bonchev–Trinajstić information content (AvgIpc) is 2.64. The number of carbonyl (C=O) groups is 3. The van der Waals surface area contributed by atoms with Crippen molar-refractivity contribution in [2.75, 3.05) is 24.7 Å². The topological polar surface area (TPSA) is 78.5 Å². The Morgan fingerprint density at radius 3 is 1.86 bits per heavy atom. The van der Waals surface area contributed by atoms with E-state index >= 15 is 0 Å². The van der Waals surface area contributed by atoms with Crippen molar-refractivity contribution < 1.29 is 14.4 Å². The van der Waals surface area contributed by atoms with Crippen LogP contribution >= 0.6 is 23.5 Å². The van der Waals surface area contributed by atoms with Gasteiger partial charge in [-0.15, -0.1) is 11.8 Å². The molecule has 0 spiro atoms. The van der Waals surface area contributed by atoms with E-state index in [1.165, 1.54) is 23.6 Å². The largest absolute Gasteiger partial charge is 0.339 e. The minimum Gasteiger partial charge on any atom is -0.339 e. The summed E-state index contributed by atoms with van der Waals surface area (Å²) in [6.45, 7) is 3.29. The Labute approximate surface area is 173 Å². The number of hydrogen-bond donors (Lipinski definition) is 2. The van der Waals surface area contributed by atoms with Gasteiger partial charge in [-0.3, -0.25) is 14.4 Å². The quantitative estimate of drug-likeness (QED) is 0.675. The molecule has 28 heavy (non-hydrogen) atoms. The van der Waals surface area contributed by atoms with Crippen LogP contribution in [0.2, 0.25) is 0 Å². The molecule has 0 saturated heterocycles. The fraction of sp³-hybridized carbons (Fsp3) is 0.250. The molecule has 0 aliphatic heterocycles. The second-order valence-electron chi connectivity index (χ2n) is 6.24. The van der Waals surface area contributed by atoms with E-state index < -0.39 is 0 Å². The van der Waals surface area contributed by atoms with E-state index in [-0.39, 0.29) is 22.3 Å². The molecule has 8 heteroatoms. The molecule has 148 valence electrons. The van der Waals surface area contributed by atoms with E-state index in [9.17, 15) is 14.4 Å². The molecule has 1 atom stereocenters. The Bertz CT molecular complexity index is 837. The molecule has 2 N–H and O–H groups in total. The molecule has 0 aliphatic rings. The number of benzene rings is 2. The highest BCUT2D eigenvalue weighted by Crippen LogP contribution is 2.26. The molecule has 0 heterocycles. The van der Waals surface area contributed by atoms with Gasteiger partial charge in [-0.1, -0.05) is 0 Å². The van der Waals surface area contributed by atoms with Gasteiger partial charge < -0.3 is 15.5 Å². The average molecular weight is 418 g/mol. The van der Waals surface area contributed by atoms with Crippen LogP contribution < -0.4 is 10.6 Å². The van der Waals surface area contributed by atoms with Crippen LogP contribution in [0.1, 0.15) is 13.8 Å². The van der Waals surface area contributed by atoms with E-state index in [0.717, 1.165) is 27.2 Å². The van der Waals surface area contributed by atoms with Crippen LogP contribution in [0, 0.1) is 0 Å². The van der Waals surface area contributed by atoms with Gasteiger partial charge in [-0.05, 0) is 67.2 Å². The Morgan fingerprint density at radius 1 is 0.857 bits per heavy atom. The lowest BCUT2D eigenvalue weighted by atomic mass is 10.3. The number of nitrogens with zero attached hydrogens (tertiary/aromatic N) is 1. The third kappa shape index (κ3) is 6.94. The summed E-state index contributed by atoms with van der Waals surface area (Å²) in [5.41, 5.74) is 1.40. The molecule has 0 radical (unpaired) electrons. The van der Waals surface area contributed by atoms with E-state index in [1.54, 1.807) is 50.5 Å². The first kappa shape index (κ1) is 21.8. The van der Waals surface area contributed by atoms with Gasteiger partial charge in [-0.2, -0.15) is 0 Å². The summed E-state index contributed by atoms with van der Waals surface area (Å²) in [5.74, 6) is -0.232. The van der Waals surface area contributed by atoms with E-state index in [0.29, 0.717) is 5.69 Å². The Hall–Kier alpha value is -2.45. The lowest BCUT2D eigenvalue weighted by Gasteiger charge is -2.13. The van der Waals surface area contributed by atoms with Crippen molar-refractivity contribution in [2.24, 2.45) is 0 Å². The zero-order valence-electron chi connectivity index (χ0n) is 16.2. The summed E-state index contributed by atoms with van der Waals surface area (Å²) < 4.78 is 0. The summed E-state index contributed by atoms with van der Waals surface area (Å²) in [5, 5.41) is 5.25. The van der Waals surface area contributed by atoms with Crippen molar-refractivity contribution in [3.63, 3.8) is 0 Å². The smallest absolute Gasteiger partial charge is 0.285 e. The monoisotopic (exact) mass is 417 g/mol. The molecule has 0 bridgehead atoms. The minimum atomic E-state index is -0.295. The third-order valence-electron chi connectivity index (χ3n) is 3.55. The van der Waals surface area contributed by atoms with Crippen LogP contribution in [0.15, 0.2) is 58.3 Å². The predicted octanol–water partition coefficient (Wildman–Crippen LogP) is 4.54. The maximum Gasteiger partial charge on any atom is 0.285 e. The van der Waals surface area contributed by atoms with Crippen molar-refractivity contribution in [1.82, 2.24) is 4.90 Å². The first-order valence-corrected chi connectivity index (χ1v) is 10.3. The van der Waals surface area contributed by atoms with Gasteiger partial charge >= 0.3 is 0 Å². The van der Waals surface area contributed by atoms with Crippen molar-refractivity contribution in [2.45, 2.75) is 28.9 Å². The molecule has 1 unspecified atom stereocenters. The molecule has 6 nitrogen and oxygen atoms in total. The molecular weight excluding hydrogens is 394 g/mol. The molecule has 2 aromatic rings. The fourth-order valence-corrected chi connectivity index (χ4v) is 3.64. The maximum absolute atomic E-state index is 12.4. The SMILES string of the molecule is CC(=O)Nc1ccc(SC(C)C(=O)Nc2ccc(SC(=O)N(C)C)cc2)cc1. The van der Waals surface area contributed by atoms with Gasteiger partial charge in [0, 0.05) is 42.2 Å². The van der Waals surface area contributed by atoms with Crippen LogP contribution in [0.25, 0.3) is 0 Å². The lowest BCUT2D eigenvalue weighted by Crippen LogP contribution is -2.22. The summed E-state index contributed by atoms with van der Waals surface area (Å²) in [6.07, 6.45) is 0. The number of amides is 3. The molecule has 2 aromatic carbocycles. The van der Waals surface area contributed by atoms with Crippen LogP contribution in [0.5, 0.6) is 0 Å². The highest BCUT2D eigenvalue weighted by molar-refractivity contribution is 8.13. The van der Waals surface area contributed by atoms with Gasteiger partial charge in [0.15, 0.2) is 0 Å². The highest BCUT2D eigenvalue weighted by atomic mass is 32.2. The van der Waals surface area contributed by atoms with Gasteiger partial charge in [0.2, 0.25) is 11.8 Å². The van der Waals surface area contributed by atoms with Crippen LogP contribution in [0.3, 0.4) is 0 Å². The van der Waals surface area contributed by atoms with Crippen molar-refractivity contribution in [3.05, 3.63) is 48.5 Å². The van der Waals surface area contributed by atoms with Crippen molar-refractivity contribution >= 4 is 52.0 Å². The molecule has 0 aromatic heterocycles. The Kier molecular flexibility index (Phi) is 7.95. The van der Waals surface area contributed by atoms with E-state index in [2.05, 4.69) is 10.6 Å². The molecule has 3 amide bonds. The number of hydrogen-bond acceptors (Lipinski definition) is 5. The third-order valence-corrected chi connectivity index (χ3v) is 5.71.